The Kier molecular flexibility index (Phi) is 3.40. The van der Waals surface area contributed by atoms with Crippen molar-refractivity contribution in [2.75, 3.05) is 6.16 Å². The summed E-state index contributed by atoms with van der Waals surface area (Å²) >= 11 is 0. The van der Waals surface area contributed by atoms with Crippen LogP contribution in [0.2, 0.25) is 0 Å². The van der Waals surface area contributed by atoms with Gasteiger partial charge in [-0.3, -0.25) is 0 Å². The zero-order chi connectivity index (χ0) is 11.6. The summed E-state index contributed by atoms with van der Waals surface area (Å²) in [6.45, 7) is 7.10. The van der Waals surface area contributed by atoms with Gasteiger partial charge in [-0.15, -0.1) is 7.17 Å². The smallest absolute Gasteiger partial charge is 0.00891 e. The number of hydrogen-bond donors (Lipinski definition) is 0. The lowest BCUT2D eigenvalue weighted by atomic mass is 9.91. The molecule has 1 aromatic carbocycles. The molecule has 0 fully saturated rings. The second-order valence-electron chi connectivity index (χ2n) is 5.47. The van der Waals surface area contributed by atoms with E-state index in [-0.39, 0.29) is 7.17 Å². The fourth-order valence-electron chi connectivity index (χ4n) is 2.48. The summed E-state index contributed by atoms with van der Waals surface area (Å²) in [6, 6.07) is 8.75. The van der Waals surface area contributed by atoms with Crippen molar-refractivity contribution in [3.05, 3.63) is 35.4 Å². The van der Waals surface area contributed by atoms with E-state index < -0.39 is 0 Å². The van der Waals surface area contributed by atoms with E-state index in [2.05, 4.69) is 56.6 Å². The molecule has 86 valence electrons. The highest BCUT2D eigenvalue weighted by Crippen LogP contribution is 2.33. The molecule has 1 aliphatic rings. The summed E-state index contributed by atoms with van der Waals surface area (Å²) in [5, 5.41) is 0. The fourth-order valence-corrected chi connectivity index (χ4v) is 5.07. The van der Waals surface area contributed by atoms with Crippen LogP contribution in [-0.4, -0.2) is 17.8 Å². The van der Waals surface area contributed by atoms with Crippen molar-refractivity contribution in [1.29, 1.82) is 0 Å². The van der Waals surface area contributed by atoms with E-state index in [1.807, 2.05) is 0 Å². The van der Waals surface area contributed by atoms with Crippen LogP contribution in [-0.2, 0) is 0 Å². The topological polar surface area (TPSA) is 0 Å². The first-order valence-electron chi connectivity index (χ1n) is 6.15. The summed E-state index contributed by atoms with van der Waals surface area (Å²) in [5.74, 6) is 4.98. The van der Waals surface area contributed by atoms with Crippen LogP contribution in [0.25, 0.3) is 0 Å². The third-order valence-corrected chi connectivity index (χ3v) is 5.58. The number of fused-ring (bicyclic) bond motifs is 1. The van der Waals surface area contributed by atoms with Crippen LogP contribution in [0.4, 0.5) is 0 Å². The highest BCUT2D eigenvalue weighted by atomic mass is 31.1. The minimum Gasteiger partial charge on any atom is -0.123 e. The quantitative estimate of drug-likeness (QED) is 0.679. The van der Waals surface area contributed by atoms with E-state index in [9.17, 15) is 0 Å². The molecule has 16 heavy (non-hydrogen) atoms. The summed E-state index contributed by atoms with van der Waals surface area (Å²) in [5.41, 5.74) is 3.39. The predicted molar refractivity (Wildman–Crippen MR) is 77.3 cm³/mol. The molecule has 0 amide bonds. The molecular weight excluding hydrogens is 211 g/mol. The molecular formula is C15H21P. The van der Waals surface area contributed by atoms with E-state index in [0.717, 1.165) is 0 Å². The van der Waals surface area contributed by atoms with Gasteiger partial charge in [-0.2, -0.15) is 0 Å². The Labute approximate surface area is 99.7 Å². The van der Waals surface area contributed by atoms with Gasteiger partial charge in [0.1, 0.15) is 0 Å². The minimum absolute atomic E-state index is 0.0215. The molecule has 0 saturated carbocycles. The highest BCUT2D eigenvalue weighted by molar-refractivity contribution is 7.58. The molecule has 1 aromatic rings. The van der Waals surface area contributed by atoms with Crippen LogP contribution in [0.5, 0.6) is 0 Å². The Bertz CT molecular complexity index is 429. The Morgan fingerprint density at radius 3 is 2.12 bits per heavy atom. The van der Waals surface area contributed by atoms with Gasteiger partial charge in [0.05, 0.1) is 0 Å². The first-order chi connectivity index (χ1) is 7.61. The van der Waals surface area contributed by atoms with Crippen LogP contribution < -0.4 is 0 Å². The van der Waals surface area contributed by atoms with Gasteiger partial charge in [0.15, 0.2) is 0 Å². The Hall–Kier alpha value is -0.740. The summed E-state index contributed by atoms with van der Waals surface area (Å²) < 4.78 is 0. The minimum atomic E-state index is -0.0215. The molecule has 0 atom stereocenters. The van der Waals surface area contributed by atoms with Gasteiger partial charge in [0, 0.05) is 0 Å². The molecule has 0 bridgehead atoms. The highest BCUT2D eigenvalue weighted by Gasteiger charge is 2.17. The lowest BCUT2D eigenvalue weighted by Gasteiger charge is -2.22. The molecule has 0 unspecified atom stereocenters. The molecule has 1 aliphatic heterocycles. The van der Waals surface area contributed by atoms with Gasteiger partial charge in [0.25, 0.3) is 0 Å². The molecule has 1 heteroatoms. The largest absolute Gasteiger partial charge is 0.123 e. The SMILES string of the molecule is CCCC(C)(C)CP1=Cc2ccccc2C=1. The first kappa shape index (κ1) is 11.7. The maximum atomic E-state index is 2.49. The van der Waals surface area contributed by atoms with Crippen LogP contribution in [0.15, 0.2) is 24.3 Å². The Morgan fingerprint density at radius 2 is 1.62 bits per heavy atom. The Balaban J connectivity index is 2.15. The van der Waals surface area contributed by atoms with Crippen molar-refractivity contribution in [3.8, 4) is 0 Å². The predicted octanol–water partition coefficient (Wildman–Crippen LogP) is 4.31. The van der Waals surface area contributed by atoms with E-state index in [1.165, 1.54) is 30.1 Å². The second-order valence-corrected chi connectivity index (χ2v) is 7.33. The third kappa shape index (κ3) is 2.68. The van der Waals surface area contributed by atoms with E-state index in [0.29, 0.717) is 5.41 Å². The van der Waals surface area contributed by atoms with E-state index in [4.69, 9.17) is 0 Å². The molecule has 0 spiro atoms. The first-order valence-corrected chi connectivity index (χ1v) is 7.82. The lowest BCUT2D eigenvalue weighted by molar-refractivity contribution is 0.382. The lowest BCUT2D eigenvalue weighted by Crippen LogP contribution is -2.13. The zero-order valence-electron chi connectivity index (χ0n) is 10.5. The van der Waals surface area contributed by atoms with Crippen molar-refractivity contribution < 1.29 is 0 Å². The van der Waals surface area contributed by atoms with Gasteiger partial charge in [-0.25, -0.2) is 0 Å². The molecule has 0 aliphatic carbocycles. The van der Waals surface area contributed by atoms with Crippen LogP contribution in [0, 0.1) is 5.41 Å². The third-order valence-electron chi connectivity index (χ3n) is 3.14. The monoisotopic (exact) mass is 232 g/mol. The number of rotatable bonds is 4. The summed E-state index contributed by atoms with van der Waals surface area (Å²) in [4.78, 5) is 0. The molecule has 2 rings (SSSR count). The van der Waals surface area contributed by atoms with Crippen molar-refractivity contribution in [1.82, 2.24) is 0 Å². The molecule has 0 N–H and O–H groups in total. The van der Waals surface area contributed by atoms with Gasteiger partial charge < -0.3 is 0 Å². The van der Waals surface area contributed by atoms with E-state index >= 15 is 0 Å². The fraction of sp³-hybridized carbons (Fsp3) is 0.467. The van der Waals surface area contributed by atoms with Crippen molar-refractivity contribution in [2.24, 2.45) is 5.41 Å². The Morgan fingerprint density at radius 1 is 1.06 bits per heavy atom. The van der Waals surface area contributed by atoms with Crippen LogP contribution in [0.1, 0.15) is 44.7 Å². The van der Waals surface area contributed by atoms with Crippen LogP contribution >= 0.6 is 7.17 Å². The molecule has 0 saturated heterocycles. The van der Waals surface area contributed by atoms with Crippen molar-refractivity contribution in [3.63, 3.8) is 0 Å². The van der Waals surface area contributed by atoms with Crippen molar-refractivity contribution >= 4 is 18.8 Å². The summed E-state index contributed by atoms with van der Waals surface area (Å²) in [7, 11) is -0.0215. The van der Waals surface area contributed by atoms with Gasteiger partial charge >= 0.3 is 0 Å². The standard InChI is InChI=1S/C15H21P/c1-4-9-15(2,3)12-16-10-13-7-5-6-8-14(13)11-16/h5-8,10-11H,4,9,12H2,1-3H3. The maximum absolute atomic E-state index is 2.49. The van der Waals surface area contributed by atoms with Gasteiger partial charge in [0.2, 0.25) is 0 Å². The number of benzene rings is 1. The maximum Gasteiger partial charge on any atom is -0.00891 e. The molecule has 0 aromatic heterocycles. The molecule has 0 radical (unpaired) electrons. The normalized spacial score (nSPS) is 14.3. The average Bonchev–Trinajstić information content (AvgIpc) is 2.58. The number of hydrogen-bond acceptors (Lipinski definition) is 0. The van der Waals surface area contributed by atoms with E-state index in [1.54, 1.807) is 0 Å². The van der Waals surface area contributed by atoms with Gasteiger partial charge in [-0.05, 0) is 40.7 Å². The zero-order valence-corrected chi connectivity index (χ0v) is 11.4. The summed E-state index contributed by atoms with van der Waals surface area (Å²) in [6.07, 6.45) is 3.97. The molecule has 0 nitrogen and oxygen atoms in total. The second kappa shape index (κ2) is 4.63. The molecule has 1 heterocycles. The van der Waals surface area contributed by atoms with Crippen molar-refractivity contribution in [2.45, 2.75) is 33.6 Å². The van der Waals surface area contributed by atoms with Crippen LogP contribution in [0.3, 0.4) is 0 Å². The average molecular weight is 232 g/mol. The van der Waals surface area contributed by atoms with Gasteiger partial charge in [-0.1, -0.05) is 51.5 Å².